The lowest BCUT2D eigenvalue weighted by Crippen LogP contribution is -2.24. The van der Waals surface area contributed by atoms with Gasteiger partial charge in [0.25, 0.3) is 0 Å². The Labute approximate surface area is 161 Å². The fourth-order valence-corrected chi connectivity index (χ4v) is 3.66. The van der Waals surface area contributed by atoms with Gasteiger partial charge in [0, 0.05) is 17.9 Å². The van der Waals surface area contributed by atoms with Gasteiger partial charge in [-0.3, -0.25) is 4.18 Å². The highest BCUT2D eigenvalue weighted by Crippen LogP contribution is 2.32. The average molecular weight is 405 g/mol. The van der Waals surface area contributed by atoms with Crippen molar-refractivity contribution in [1.29, 1.82) is 0 Å². The fraction of sp³-hybridized carbons (Fsp3) is 0.353. The van der Waals surface area contributed by atoms with Gasteiger partial charge >= 0.3 is 10.3 Å². The Hall–Kier alpha value is -2.60. The van der Waals surface area contributed by atoms with Crippen molar-refractivity contribution >= 4 is 21.5 Å². The van der Waals surface area contributed by atoms with Gasteiger partial charge in [0.2, 0.25) is 5.88 Å². The lowest BCUT2D eigenvalue weighted by molar-refractivity contribution is 0.0986. The van der Waals surface area contributed by atoms with E-state index in [0.717, 1.165) is 5.56 Å². The van der Waals surface area contributed by atoms with E-state index in [0.29, 0.717) is 35.7 Å². The van der Waals surface area contributed by atoms with E-state index in [-0.39, 0.29) is 12.7 Å². The second-order valence-corrected chi connectivity index (χ2v) is 7.87. The maximum absolute atomic E-state index is 10.9. The molecule has 4 N–H and O–H groups in total. The second kappa shape index (κ2) is 7.43. The van der Waals surface area contributed by atoms with Gasteiger partial charge in [0.15, 0.2) is 5.65 Å². The van der Waals surface area contributed by atoms with Crippen LogP contribution in [-0.2, 0) is 14.5 Å². The summed E-state index contributed by atoms with van der Waals surface area (Å²) in [6.45, 7) is -0.193. The predicted octanol–water partition coefficient (Wildman–Crippen LogP) is 0.758. The Balaban J connectivity index is 1.51. The molecule has 1 fully saturated rings. The highest BCUT2D eigenvalue weighted by molar-refractivity contribution is 7.84. The minimum atomic E-state index is -4.05. The molecule has 0 saturated heterocycles. The number of nitrogens with one attached hydrogen (secondary N) is 1. The normalized spacial score (nSPS) is 22.6. The fourth-order valence-electron chi connectivity index (χ4n) is 3.30. The van der Waals surface area contributed by atoms with Crippen LogP contribution in [-0.4, -0.2) is 52.3 Å². The van der Waals surface area contributed by atoms with Crippen LogP contribution in [0.25, 0.3) is 22.6 Å². The third kappa shape index (κ3) is 4.12. The summed E-state index contributed by atoms with van der Waals surface area (Å²) in [5.74, 6) is 0.569. The summed E-state index contributed by atoms with van der Waals surface area (Å²) < 4.78 is 32.4. The lowest BCUT2D eigenvalue weighted by Gasteiger charge is -2.13. The van der Waals surface area contributed by atoms with Crippen molar-refractivity contribution in [3.63, 3.8) is 0 Å². The number of hydrogen-bond acceptors (Lipinski definition) is 8. The molecule has 3 atom stereocenters. The molecule has 0 radical (unpaired) electrons. The first-order valence-electron chi connectivity index (χ1n) is 8.67. The van der Waals surface area contributed by atoms with Gasteiger partial charge in [-0.2, -0.15) is 13.4 Å². The lowest BCUT2D eigenvalue weighted by atomic mass is 10.1. The SMILES string of the molecule is NS(=O)(=O)OC[C@@H]1CC(Oc2ncnc3nc(-c4ccccc4)[nH]c23)C[C@@H]1O. The molecule has 1 saturated carbocycles. The summed E-state index contributed by atoms with van der Waals surface area (Å²) in [7, 11) is -4.05. The zero-order chi connectivity index (χ0) is 19.7. The van der Waals surface area contributed by atoms with Gasteiger partial charge < -0.3 is 14.8 Å². The van der Waals surface area contributed by atoms with Gasteiger partial charge in [0.1, 0.15) is 23.8 Å². The van der Waals surface area contributed by atoms with Gasteiger partial charge in [-0.25, -0.2) is 15.1 Å². The summed E-state index contributed by atoms with van der Waals surface area (Å²) in [5, 5.41) is 15.0. The molecule has 28 heavy (non-hydrogen) atoms. The number of nitrogens with zero attached hydrogens (tertiary/aromatic N) is 3. The number of aliphatic hydroxyl groups excluding tert-OH is 1. The third-order valence-corrected chi connectivity index (χ3v) is 5.10. The molecule has 0 amide bonds. The first-order valence-corrected chi connectivity index (χ1v) is 10.1. The molecule has 0 aliphatic heterocycles. The van der Waals surface area contributed by atoms with E-state index in [2.05, 4.69) is 24.1 Å². The molecule has 4 rings (SSSR count). The predicted molar refractivity (Wildman–Crippen MR) is 99.3 cm³/mol. The number of fused-ring (bicyclic) bond motifs is 1. The molecule has 0 spiro atoms. The summed E-state index contributed by atoms with van der Waals surface area (Å²) in [6.07, 6.45) is 0.975. The van der Waals surface area contributed by atoms with Crippen LogP contribution in [0.15, 0.2) is 36.7 Å². The topological polar surface area (TPSA) is 153 Å². The number of aromatic amines is 1. The second-order valence-electron chi connectivity index (χ2n) is 6.64. The Kier molecular flexibility index (Phi) is 4.98. The standard InChI is InChI=1S/C17H19N5O5S/c18-28(24,25)26-8-11-6-12(7-13(11)23)27-17-14-16(19-9-20-17)22-15(21-14)10-4-2-1-3-5-10/h1-5,9,11-13,23H,6-8H2,(H2,18,24,25)(H,19,20,21,22)/t11-,12?,13-/m0/s1. The molecule has 11 heteroatoms. The Morgan fingerprint density at radius 3 is 2.75 bits per heavy atom. The number of rotatable bonds is 6. The number of imidazole rings is 1. The number of nitrogens with two attached hydrogens (primary N) is 1. The van der Waals surface area contributed by atoms with Crippen LogP contribution >= 0.6 is 0 Å². The smallest absolute Gasteiger partial charge is 0.333 e. The van der Waals surface area contributed by atoms with Crippen molar-refractivity contribution in [3.05, 3.63) is 36.7 Å². The number of aliphatic hydroxyl groups is 1. The van der Waals surface area contributed by atoms with Crippen molar-refractivity contribution in [2.45, 2.75) is 25.0 Å². The maximum atomic E-state index is 10.9. The van der Waals surface area contributed by atoms with Crippen molar-refractivity contribution in [2.75, 3.05) is 6.61 Å². The van der Waals surface area contributed by atoms with E-state index in [1.165, 1.54) is 6.33 Å². The third-order valence-electron chi connectivity index (χ3n) is 4.64. The van der Waals surface area contributed by atoms with E-state index >= 15 is 0 Å². The monoisotopic (exact) mass is 405 g/mol. The van der Waals surface area contributed by atoms with Crippen LogP contribution in [0.3, 0.4) is 0 Å². The number of benzene rings is 1. The highest BCUT2D eigenvalue weighted by atomic mass is 32.2. The van der Waals surface area contributed by atoms with Crippen LogP contribution in [0.1, 0.15) is 12.8 Å². The molecule has 1 aliphatic rings. The molecule has 3 aromatic rings. The maximum Gasteiger partial charge on any atom is 0.333 e. The van der Waals surface area contributed by atoms with Crippen molar-refractivity contribution < 1.29 is 22.4 Å². The molecule has 10 nitrogen and oxygen atoms in total. The first kappa shape index (κ1) is 18.7. The molecule has 1 aliphatic carbocycles. The zero-order valence-corrected chi connectivity index (χ0v) is 15.5. The molecule has 1 unspecified atom stereocenters. The van der Waals surface area contributed by atoms with E-state index in [9.17, 15) is 13.5 Å². The van der Waals surface area contributed by atoms with Crippen LogP contribution in [0, 0.1) is 5.92 Å². The minimum Gasteiger partial charge on any atom is -0.473 e. The van der Waals surface area contributed by atoms with Crippen molar-refractivity contribution in [2.24, 2.45) is 11.1 Å². The van der Waals surface area contributed by atoms with E-state index in [1.807, 2.05) is 30.3 Å². The van der Waals surface area contributed by atoms with Crippen LogP contribution < -0.4 is 9.88 Å². The Bertz CT molecular complexity index is 1070. The Morgan fingerprint density at radius 1 is 1.21 bits per heavy atom. The molecule has 0 bridgehead atoms. The van der Waals surface area contributed by atoms with Gasteiger partial charge in [-0.05, 0) is 6.42 Å². The summed E-state index contributed by atoms with van der Waals surface area (Å²) in [6, 6.07) is 9.59. The number of ether oxygens (including phenoxy) is 1. The van der Waals surface area contributed by atoms with E-state index < -0.39 is 22.3 Å². The molecular weight excluding hydrogens is 386 g/mol. The molecule has 1 aromatic carbocycles. The largest absolute Gasteiger partial charge is 0.473 e. The van der Waals surface area contributed by atoms with Gasteiger partial charge in [0.05, 0.1) is 12.7 Å². The molecule has 2 heterocycles. The summed E-state index contributed by atoms with van der Waals surface area (Å²) in [4.78, 5) is 16.0. The number of H-pyrrole nitrogens is 1. The van der Waals surface area contributed by atoms with E-state index in [1.54, 1.807) is 0 Å². The molecular formula is C17H19N5O5S. The van der Waals surface area contributed by atoms with Crippen LogP contribution in [0.2, 0.25) is 0 Å². The van der Waals surface area contributed by atoms with Crippen LogP contribution in [0.4, 0.5) is 0 Å². The zero-order valence-electron chi connectivity index (χ0n) is 14.7. The van der Waals surface area contributed by atoms with Gasteiger partial charge in [-0.1, -0.05) is 30.3 Å². The van der Waals surface area contributed by atoms with E-state index in [4.69, 9.17) is 9.88 Å². The Morgan fingerprint density at radius 2 is 2.00 bits per heavy atom. The summed E-state index contributed by atoms with van der Waals surface area (Å²) >= 11 is 0. The average Bonchev–Trinajstić information content (AvgIpc) is 3.24. The number of aromatic nitrogens is 4. The van der Waals surface area contributed by atoms with Crippen molar-refractivity contribution in [1.82, 2.24) is 19.9 Å². The van der Waals surface area contributed by atoms with Crippen molar-refractivity contribution in [3.8, 4) is 17.3 Å². The minimum absolute atomic E-state index is 0.193. The first-order chi connectivity index (χ1) is 13.4. The molecule has 148 valence electrons. The highest BCUT2D eigenvalue weighted by Gasteiger charge is 2.36. The van der Waals surface area contributed by atoms with Crippen LogP contribution in [0.5, 0.6) is 5.88 Å². The number of hydrogen-bond donors (Lipinski definition) is 3. The van der Waals surface area contributed by atoms with Gasteiger partial charge in [-0.15, -0.1) is 0 Å². The summed E-state index contributed by atoms with van der Waals surface area (Å²) in [5.41, 5.74) is 1.93. The molecule has 2 aromatic heterocycles. The quantitative estimate of drug-likeness (QED) is 0.543.